The van der Waals surface area contributed by atoms with Crippen LogP contribution in [0.4, 0.5) is 17.6 Å². The monoisotopic (exact) mass is 599 g/mol. The zero-order valence-electron chi connectivity index (χ0n) is 23.0. The summed E-state index contributed by atoms with van der Waals surface area (Å²) in [5.41, 5.74) is 3.75. The van der Waals surface area contributed by atoms with Gasteiger partial charge < -0.3 is 14.9 Å². The molecule has 1 unspecified atom stereocenters. The van der Waals surface area contributed by atoms with E-state index in [1.54, 1.807) is 36.6 Å². The maximum absolute atomic E-state index is 15.0. The molecule has 1 saturated heterocycles. The molecule has 0 saturated carbocycles. The molecule has 43 heavy (non-hydrogen) atoms. The second kappa shape index (κ2) is 11.2. The number of benzene rings is 2. The molecule has 2 aromatic heterocycles. The molecule has 226 valence electrons. The lowest BCUT2D eigenvalue weighted by molar-refractivity contribution is -0.138. The topological polar surface area (TPSA) is 109 Å². The SMILES string of the molecule is NC(Cn1c(=O)c2c(n(Cc3c(F)cccc3C(F)(F)F)c1=O)COC21CCN(Cc2cocn2)CC1)c1ccccc1. The van der Waals surface area contributed by atoms with Crippen LogP contribution in [0.1, 0.15) is 52.5 Å². The molecule has 4 aromatic rings. The summed E-state index contributed by atoms with van der Waals surface area (Å²) >= 11 is 0. The van der Waals surface area contributed by atoms with Gasteiger partial charge in [-0.1, -0.05) is 36.4 Å². The number of ether oxygens (including phenoxy) is 1. The van der Waals surface area contributed by atoms with Crippen molar-refractivity contribution in [2.24, 2.45) is 5.73 Å². The minimum absolute atomic E-state index is 0.154. The van der Waals surface area contributed by atoms with E-state index in [9.17, 15) is 27.2 Å². The molecule has 1 spiro atoms. The Hall–Kier alpha value is -4.07. The van der Waals surface area contributed by atoms with Crippen molar-refractivity contribution in [2.45, 2.75) is 56.9 Å². The highest BCUT2D eigenvalue weighted by atomic mass is 19.4. The molecule has 2 N–H and O–H groups in total. The van der Waals surface area contributed by atoms with Crippen molar-refractivity contribution in [1.29, 1.82) is 0 Å². The van der Waals surface area contributed by atoms with Gasteiger partial charge in [0.15, 0.2) is 6.39 Å². The van der Waals surface area contributed by atoms with Crippen molar-refractivity contribution in [1.82, 2.24) is 19.0 Å². The number of piperidine rings is 1. The number of nitrogens with zero attached hydrogens (tertiary/aromatic N) is 4. The third-order valence-electron chi connectivity index (χ3n) is 8.36. The number of likely N-dealkylation sites (tertiary alicyclic amines) is 1. The molecule has 0 radical (unpaired) electrons. The quantitative estimate of drug-likeness (QED) is 0.321. The van der Waals surface area contributed by atoms with Gasteiger partial charge in [-0.15, -0.1) is 0 Å². The summed E-state index contributed by atoms with van der Waals surface area (Å²) in [7, 11) is 0. The zero-order chi connectivity index (χ0) is 30.4. The van der Waals surface area contributed by atoms with Gasteiger partial charge in [-0.2, -0.15) is 13.2 Å². The molecular formula is C30H29F4N5O4. The van der Waals surface area contributed by atoms with E-state index in [4.69, 9.17) is 14.9 Å². The average molecular weight is 600 g/mol. The molecule has 6 rings (SSSR count). The zero-order valence-corrected chi connectivity index (χ0v) is 23.0. The number of fused-ring (bicyclic) bond motifs is 2. The molecule has 2 aliphatic heterocycles. The minimum atomic E-state index is -4.86. The summed E-state index contributed by atoms with van der Waals surface area (Å²) in [6, 6.07) is 10.7. The Balaban J connectivity index is 1.44. The van der Waals surface area contributed by atoms with Crippen LogP contribution in [0, 0.1) is 5.82 Å². The lowest BCUT2D eigenvalue weighted by Crippen LogP contribution is -2.49. The van der Waals surface area contributed by atoms with E-state index in [0.717, 1.165) is 33.0 Å². The summed E-state index contributed by atoms with van der Waals surface area (Å²) in [6.07, 6.45) is -1.18. The molecule has 13 heteroatoms. The first kappa shape index (κ1) is 29.0. The van der Waals surface area contributed by atoms with E-state index in [0.29, 0.717) is 38.0 Å². The van der Waals surface area contributed by atoms with Gasteiger partial charge in [0.1, 0.15) is 17.7 Å². The van der Waals surface area contributed by atoms with Crippen LogP contribution in [-0.4, -0.2) is 32.1 Å². The van der Waals surface area contributed by atoms with Gasteiger partial charge in [0.05, 0.1) is 42.2 Å². The van der Waals surface area contributed by atoms with Gasteiger partial charge in [0.25, 0.3) is 5.56 Å². The molecule has 2 aliphatic rings. The van der Waals surface area contributed by atoms with Gasteiger partial charge in [0.2, 0.25) is 0 Å². The predicted octanol–water partition coefficient (Wildman–Crippen LogP) is 3.93. The number of oxazole rings is 1. The molecule has 2 aromatic carbocycles. The Morgan fingerprint density at radius 2 is 1.74 bits per heavy atom. The Kier molecular flexibility index (Phi) is 7.57. The van der Waals surface area contributed by atoms with E-state index in [2.05, 4.69) is 9.88 Å². The standard InChI is InChI=1S/C30H29F4N5O4/c31-23-8-4-7-22(30(32,33)34)21(23)14-38-25-17-43-29(9-11-37(12-10-29)13-20-16-42-18-36-20)26(25)27(40)39(28(38)41)15-24(35)19-5-2-1-3-6-19/h1-8,16,18,24H,9-15,17,35H2. The van der Waals surface area contributed by atoms with Crippen molar-refractivity contribution in [3.63, 3.8) is 0 Å². The molecule has 0 aliphatic carbocycles. The third kappa shape index (κ3) is 5.43. The van der Waals surface area contributed by atoms with E-state index in [1.807, 2.05) is 0 Å². The van der Waals surface area contributed by atoms with Gasteiger partial charge in [-0.3, -0.25) is 18.8 Å². The fourth-order valence-corrected chi connectivity index (χ4v) is 6.11. The number of nitrogens with two attached hydrogens (primary N) is 1. The lowest BCUT2D eigenvalue weighted by Gasteiger charge is -2.38. The Morgan fingerprint density at radius 1 is 1.00 bits per heavy atom. The first-order valence-electron chi connectivity index (χ1n) is 13.8. The van der Waals surface area contributed by atoms with Crippen molar-refractivity contribution in [3.8, 4) is 0 Å². The van der Waals surface area contributed by atoms with Crippen LogP contribution in [0.25, 0.3) is 0 Å². The smallest absolute Gasteiger partial charge is 0.416 e. The Bertz CT molecular complexity index is 1730. The van der Waals surface area contributed by atoms with Crippen LogP contribution >= 0.6 is 0 Å². The van der Waals surface area contributed by atoms with E-state index in [-0.39, 0.29) is 24.4 Å². The van der Waals surface area contributed by atoms with Crippen LogP contribution in [0.15, 0.2) is 75.2 Å². The van der Waals surface area contributed by atoms with Gasteiger partial charge in [0, 0.05) is 31.2 Å². The molecule has 0 amide bonds. The van der Waals surface area contributed by atoms with Crippen LogP contribution < -0.4 is 17.0 Å². The Morgan fingerprint density at radius 3 is 2.42 bits per heavy atom. The number of alkyl halides is 3. The van der Waals surface area contributed by atoms with Crippen LogP contribution in [0.5, 0.6) is 0 Å². The summed E-state index contributed by atoms with van der Waals surface area (Å²) in [5, 5.41) is 0. The Labute approximate surface area is 243 Å². The van der Waals surface area contributed by atoms with Gasteiger partial charge >= 0.3 is 11.9 Å². The summed E-state index contributed by atoms with van der Waals surface area (Å²) < 4.78 is 69.9. The maximum atomic E-state index is 15.0. The summed E-state index contributed by atoms with van der Waals surface area (Å²) in [6.45, 7) is 0.445. The van der Waals surface area contributed by atoms with E-state index < -0.39 is 52.6 Å². The largest absolute Gasteiger partial charge is 0.451 e. The number of hydrogen-bond donors (Lipinski definition) is 1. The molecule has 1 fully saturated rings. The van der Waals surface area contributed by atoms with Gasteiger partial charge in [-0.05, 0) is 30.5 Å². The fourth-order valence-electron chi connectivity index (χ4n) is 6.11. The predicted molar refractivity (Wildman–Crippen MR) is 146 cm³/mol. The van der Waals surface area contributed by atoms with Crippen molar-refractivity contribution in [2.75, 3.05) is 13.1 Å². The highest BCUT2D eigenvalue weighted by molar-refractivity contribution is 5.35. The number of hydrogen-bond acceptors (Lipinski definition) is 7. The maximum Gasteiger partial charge on any atom is 0.416 e. The van der Waals surface area contributed by atoms with E-state index in [1.165, 1.54) is 6.39 Å². The van der Waals surface area contributed by atoms with Crippen molar-refractivity contribution < 1.29 is 26.7 Å². The number of halogens is 4. The average Bonchev–Trinajstić information content (AvgIpc) is 3.63. The van der Waals surface area contributed by atoms with Crippen LogP contribution in [-0.2, 0) is 42.8 Å². The van der Waals surface area contributed by atoms with E-state index >= 15 is 0 Å². The minimum Gasteiger partial charge on any atom is -0.451 e. The molecule has 1 atom stereocenters. The van der Waals surface area contributed by atoms with Crippen molar-refractivity contribution >= 4 is 0 Å². The first-order chi connectivity index (χ1) is 20.6. The number of rotatable bonds is 7. The molecule has 9 nitrogen and oxygen atoms in total. The summed E-state index contributed by atoms with van der Waals surface area (Å²) in [4.78, 5) is 34.2. The second-order valence-electron chi connectivity index (χ2n) is 10.9. The lowest BCUT2D eigenvalue weighted by atomic mass is 9.85. The molecule has 0 bridgehead atoms. The summed E-state index contributed by atoms with van der Waals surface area (Å²) in [5.74, 6) is -1.11. The molecular weight excluding hydrogens is 570 g/mol. The first-order valence-corrected chi connectivity index (χ1v) is 13.8. The fraction of sp³-hybridized carbons (Fsp3) is 0.367. The molecule has 4 heterocycles. The van der Waals surface area contributed by atoms with Crippen LogP contribution in [0.3, 0.4) is 0 Å². The number of aromatic nitrogens is 3. The van der Waals surface area contributed by atoms with Crippen LogP contribution in [0.2, 0.25) is 0 Å². The van der Waals surface area contributed by atoms with Gasteiger partial charge in [-0.25, -0.2) is 14.2 Å². The highest BCUT2D eigenvalue weighted by Crippen LogP contribution is 2.43. The third-order valence-corrected chi connectivity index (χ3v) is 8.36. The van der Waals surface area contributed by atoms with Crippen molar-refractivity contribution in [3.05, 3.63) is 121 Å². The second-order valence-corrected chi connectivity index (χ2v) is 10.9. The normalized spacial score (nSPS) is 17.3. The highest BCUT2D eigenvalue weighted by Gasteiger charge is 2.47.